The van der Waals surface area contributed by atoms with Crippen LogP contribution in [0, 0.1) is 0 Å². The highest BCUT2D eigenvalue weighted by Gasteiger charge is 2.38. The summed E-state index contributed by atoms with van der Waals surface area (Å²) in [5.41, 5.74) is 6.53. The van der Waals surface area contributed by atoms with E-state index >= 15 is 0 Å². The van der Waals surface area contributed by atoms with Crippen LogP contribution in [0.3, 0.4) is 0 Å². The predicted octanol–water partition coefficient (Wildman–Crippen LogP) is -0.703. The Morgan fingerprint density at radius 3 is 2.39 bits per heavy atom. The van der Waals surface area contributed by atoms with Crippen molar-refractivity contribution in [3.8, 4) is 5.75 Å². The molecule has 3 unspecified atom stereocenters. The first-order valence-electron chi connectivity index (χ1n) is 8.78. The largest absolute Gasteiger partial charge is 0.508 e. The maximum Gasteiger partial charge on any atom is 0.326 e. The van der Waals surface area contributed by atoms with Gasteiger partial charge in [-0.1, -0.05) is 12.1 Å². The van der Waals surface area contributed by atoms with Crippen molar-refractivity contribution in [1.29, 1.82) is 0 Å². The van der Waals surface area contributed by atoms with E-state index in [4.69, 9.17) is 10.8 Å². The smallest absolute Gasteiger partial charge is 0.326 e. The number of aromatic hydroxyl groups is 1. The number of hydrogen-bond acceptors (Lipinski definition) is 6. The van der Waals surface area contributed by atoms with Crippen LogP contribution in [0.4, 0.5) is 0 Å². The Labute approximate surface area is 160 Å². The molecule has 3 atom stereocenters. The monoisotopic (exact) mass is 393 g/mol. The molecule has 0 bridgehead atoms. The van der Waals surface area contributed by atoms with Gasteiger partial charge in [0.05, 0.1) is 12.5 Å². The van der Waals surface area contributed by atoms with Crippen LogP contribution in [0.5, 0.6) is 5.75 Å². The molecule has 0 aromatic heterocycles. The zero-order valence-electron chi connectivity index (χ0n) is 15.1. The average molecular weight is 393 g/mol. The summed E-state index contributed by atoms with van der Waals surface area (Å²) in [4.78, 5) is 48.5. The summed E-state index contributed by atoms with van der Waals surface area (Å²) >= 11 is 0. The van der Waals surface area contributed by atoms with E-state index in [1.807, 2.05) is 0 Å². The molecule has 1 aromatic rings. The van der Waals surface area contributed by atoms with Gasteiger partial charge < -0.3 is 31.3 Å². The second-order valence-electron chi connectivity index (χ2n) is 6.66. The molecule has 0 aliphatic carbocycles. The Kier molecular flexibility index (Phi) is 6.94. The van der Waals surface area contributed by atoms with Gasteiger partial charge in [0.2, 0.25) is 11.8 Å². The standard InChI is InChI=1S/C18H23N3O7/c19-12(8-10-3-5-11(22)6-4-10)16(25)20-13(9-15(23)24)17(26)21-7-1-2-14(21)18(27)28/h3-6,12-14,22H,1-2,7-9,19H2,(H,20,25)(H,23,24)(H,27,28). The summed E-state index contributed by atoms with van der Waals surface area (Å²) in [6.45, 7) is 0.182. The number of nitrogens with one attached hydrogen (secondary N) is 1. The predicted molar refractivity (Wildman–Crippen MR) is 96.3 cm³/mol. The van der Waals surface area contributed by atoms with Crippen LogP contribution < -0.4 is 11.1 Å². The van der Waals surface area contributed by atoms with E-state index in [0.717, 1.165) is 4.90 Å². The third-order valence-corrected chi connectivity index (χ3v) is 4.54. The molecule has 2 rings (SSSR count). The zero-order valence-corrected chi connectivity index (χ0v) is 15.1. The van der Waals surface area contributed by atoms with Gasteiger partial charge in [-0.3, -0.25) is 14.4 Å². The summed E-state index contributed by atoms with van der Waals surface area (Å²) < 4.78 is 0. The van der Waals surface area contributed by atoms with Crippen LogP contribution in [0.25, 0.3) is 0 Å². The van der Waals surface area contributed by atoms with Gasteiger partial charge in [-0.25, -0.2) is 4.79 Å². The van der Waals surface area contributed by atoms with E-state index < -0.39 is 48.3 Å². The SMILES string of the molecule is NC(Cc1ccc(O)cc1)C(=O)NC(CC(=O)O)C(=O)N1CCCC1C(=O)O. The summed E-state index contributed by atoms with van der Waals surface area (Å²) in [5.74, 6) is -3.89. The highest BCUT2D eigenvalue weighted by Crippen LogP contribution is 2.19. The minimum Gasteiger partial charge on any atom is -0.508 e. The third kappa shape index (κ3) is 5.43. The topological polar surface area (TPSA) is 170 Å². The molecule has 1 saturated heterocycles. The van der Waals surface area contributed by atoms with E-state index in [1.54, 1.807) is 12.1 Å². The summed E-state index contributed by atoms with van der Waals surface area (Å²) in [5, 5.41) is 29.9. The lowest BCUT2D eigenvalue weighted by Crippen LogP contribution is -2.55. The maximum atomic E-state index is 12.7. The molecule has 28 heavy (non-hydrogen) atoms. The van der Waals surface area contributed by atoms with E-state index in [9.17, 15) is 29.4 Å². The van der Waals surface area contributed by atoms with E-state index in [-0.39, 0.29) is 25.1 Å². The van der Waals surface area contributed by atoms with E-state index in [1.165, 1.54) is 12.1 Å². The molecule has 6 N–H and O–H groups in total. The number of carboxylic acid groups (broad SMARTS) is 2. The number of amides is 2. The van der Waals surface area contributed by atoms with Gasteiger partial charge in [-0.2, -0.15) is 0 Å². The fraction of sp³-hybridized carbons (Fsp3) is 0.444. The number of nitrogens with zero attached hydrogens (tertiary/aromatic N) is 1. The van der Waals surface area contributed by atoms with Crippen LogP contribution in [0.2, 0.25) is 0 Å². The number of likely N-dealkylation sites (tertiary alicyclic amines) is 1. The quantitative estimate of drug-likeness (QED) is 0.386. The molecular weight excluding hydrogens is 370 g/mol. The van der Waals surface area contributed by atoms with Crippen LogP contribution in [0.1, 0.15) is 24.8 Å². The number of benzene rings is 1. The summed E-state index contributed by atoms with van der Waals surface area (Å²) in [7, 11) is 0. The molecule has 10 nitrogen and oxygen atoms in total. The van der Waals surface area contributed by atoms with Gasteiger partial charge in [-0.15, -0.1) is 0 Å². The number of carbonyl (C=O) groups is 4. The fourth-order valence-electron chi connectivity index (χ4n) is 3.12. The van der Waals surface area contributed by atoms with E-state index in [2.05, 4.69) is 5.32 Å². The molecule has 1 aromatic carbocycles. The van der Waals surface area contributed by atoms with Crippen molar-refractivity contribution in [2.75, 3.05) is 6.54 Å². The Hall–Kier alpha value is -3.14. The molecule has 0 radical (unpaired) electrons. The Balaban J connectivity index is 2.06. The second kappa shape index (κ2) is 9.18. The minimum atomic E-state index is -1.41. The van der Waals surface area contributed by atoms with Crippen LogP contribution in [0.15, 0.2) is 24.3 Å². The van der Waals surface area contributed by atoms with Crippen LogP contribution in [-0.2, 0) is 25.6 Å². The fourth-order valence-corrected chi connectivity index (χ4v) is 3.12. The van der Waals surface area contributed by atoms with Gasteiger partial charge in [0.1, 0.15) is 17.8 Å². The lowest BCUT2D eigenvalue weighted by molar-refractivity contribution is -0.150. The molecule has 1 aliphatic rings. The first-order chi connectivity index (χ1) is 13.2. The number of phenolic OH excluding ortho intramolecular Hbond substituents is 1. The van der Waals surface area contributed by atoms with Crippen LogP contribution in [-0.4, -0.2) is 68.6 Å². The number of hydrogen-bond donors (Lipinski definition) is 5. The number of phenols is 1. The average Bonchev–Trinajstić information content (AvgIpc) is 3.12. The number of nitrogens with two attached hydrogens (primary N) is 1. The molecule has 2 amide bonds. The van der Waals surface area contributed by atoms with Crippen molar-refractivity contribution >= 4 is 23.8 Å². The van der Waals surface area contributed by atoms with Crippen molar-refractivity contribution in [2.24, 2.45) is 5.73 Å². The normalized spacial score (nSPS) is 18.3. The summed E-state index contributed by atoms with van der Waals surface area (Å²) in [6, 6.07) is 2.56. The summed E-state index contributed by atoms with van der Waals surface area (Å²) in [6.07, 6.45) is 0.187. The van der Waals surface area contributed by atoms with Crippen molar-refractivity contribution < 1.29 is 34.5 Å². The Morgan fingerprint density at radius 1 is 1.18 bits per heavy atom. The number of carboxylic acids is 2. The van der Waals surface area contributed by atoms with Crippen molar-refractivity contribution in [1.82, 2.24) is 10.2 Å². The maximum absolute atomic E-state index is 12.7. The number of aliphatic carboxylic acids is 2. The van der Waals surface area contributed by atoms with Crippen LogP contribution >= 0.6 is 0 Å². The highest BCUT2D eigenvalue weighted by molar-refractivity contribution is 5.94. The number of rotatable bonds is 8. The lowest BCUT2D eigenvalue weighted by Gasteiger charge is -2.27. The molecule has 0 saturated carbocycles. The van der Waals surface area contributed by atoms with Crippen molar-refractivity contribution in [3.05, 3.63) is 29.8 Å². The molecule has 10 heteroatoms. The molecule has 0 spiro atoms. The van der Waals surface area contributed by atoms with Gasteiger partial charge in [0, 0.05) is 6.54 Å². The molecule has 1 fully saturated rings. The third-order valence-electron chi connectivity index (χ3n) is 4.54. The van der Waals surface area contributed by atoms with Gasteiger partial charge >= 0.3 is 11.9 Å². The lowest BCUT2D eigenvalue weighted by atomic mass is 10.0. The molecule has 1 aliphatic heterocycles. The second-order valence-corrected chi connectivity index (χ2v) is 6.66. The van der Waals surface area contributed by atoms with Gasteiger partial charge in [0.15, 0.2) is 0 Å². The number of carbonyl (C=O) groups excluding carboxylic acids is 2. The first-order valence-corrected chi connectivity index (χ1v) is 8.78. The van der Waals surface area contributed by atoms with Gasteiger partial charge in [0.25, 0.3) is 0 Å². The zero-order chi connectivity index (χ0) is 20.8. The highest BCUT2D eigenvalue weighted by atomic mass is 16.4. The molecular formula is C18H23N3O7. The molecule has 1 heterocycles. The Morgan fingerprint density at radius 2 is 1.82 bits per heavy atom. The van der Waals surface area contributed by atoms with Crippen molar-refractivity contribution in [3.63, 3.8) is 0 Å². The first kappa shape index (κ1) is 21.2. The van der Waals surface area contributed by atoms with E-state index in [0.29, 0.717) is 12.0 Å². The van der Waals surface area contributed by atoms with Gasteiger partial charge in [-0.05, 0) is 37.0 Å². The van der Waals surface area contributed by atoms with Crippen molar-refractivity contribution in [2.45, 2.75) is 43.8 Å². The Bertz CT molecular complexity index is 750. The molecule has 152 valence electrons. The minimum absolute atomic E-state index is 0.0625.